The summed E-state index contributed by atoms with van der Waals surface area (Å²) in [5.74, 6) is 0. The second kappa shape index (κ2) is 41.3. The fourth-order valence-electron chi connectivity index (χ4n) is 23.4. The fourth-order valence-corrected chi connectivity index (χ4v) is 23.4. The average molecular weight is 1620 g/mol. The van der Waals surface area contributed by atoms with E-state index in [1.165, 1.54) is 326 Å². The summed E-state index contributed by atoms with van der Waals surface area (Å²) in [6.45, 7) is 27.7. The lowest BCUT2D eigenvalue weighted by atomic mass is 9.69. The highest BCUT2D eigenvalue weighted by Gasteiger charge is 2.48. The average Bonchev–Trinajstić information content (AvgIpc) is 1.56. The van der Waals surface area contributed by atoms with E-state index in [0.717, 1.165) is 78.5 Å². The predicted molar refractivity (Wildman–Crippen MR) is 516 cm³/mol. The zero-order chi connectivity index (χ0) is 83.7. The monoisotopic (exact) mass is 1620 g/mol. The number of hydrogen-bond acceptors (Lipinski definition) is 4. The zero-order valence-electron chi connectivity index (χ0n) is 76.8. The Balaban J connectivity index is 0.829. The maximum Gasteiger partial charge on any atom is 0.0564 e. The molecule has 4 heteroatoms. The quantitative estimate of drug-likeness (QED) is 0.0356. The molecule has 15 rings (SSSR count). The molecular formula is C117H152O4. The summed E-state index contributed by atoms with van der Waals surface area (Å²) in [5.41, 5.74) is 36.7. The fraction of sp³-hybridized carbons (Fsp3) is 0.538. The van der Waals surface area contributed by atoms with Crippen LogP contribution in [0.25, 0.3) is 89.0 Å². The predicted octanol–water partition coefficient (Wildman–Crippen LogP) is 33.6. The highest BCUT2D eigenvalue weighted by atomic mass is 16.5. The van der Waals surface area contributed by atoms with Crippen molar-refractivity contribution in [3.63, 3.8) is 0 Å². The van der Waals surface area contributed by atoms with Crippen molar-refractivity contribution in [1.29, 1.82) is 0 Å². The van der Waals surface area contributed by atoms with Crippen molar-refractivity contribution in [3.05, 3.63) is 226 Å². The first-order valence-corrected chi connectivity index (χ1v) is 49.8. The summed E-state index contributed by atoms with van der Waals surface area (Å²) in [4.78, 5) is 0. The third kappa shape index (κ3) is 19.2. The van der Waals surface area contributed by atoms with Gasteiger partial charge in [-0.15, -0.1) is 0 Å². The Hall–Kier alpha value is -7.18. The normalized spacial score (nSPS) is 16.4. The molecule has 0 N–H and O–H groups in total. The third-order valence-corrected chi connectivity index (χ3v) is 30.4. The van der Waals surface area contributed by atoms with Crippen LogP contribution in [0, 0.1) is 17.8 Å². The Morgan fingerprint density at radius 2 is 0.446 bits per heavy atom. The Kier molecular flexibility index (Phi) is 30.3. The molecule has 2 fully saturated rings. The summed E-state index contributed by atoms with van der Waals surface area (Å²) < 4.78 is 24.1. The molecule has 2 saturated heterocycles. The van der Waals surface area contributed by atoms with E-state index >= 15 is 0 Å². The molecule has 6 aliphatic rings. The molecule has 0 amide bonds. The molecule has 4 aliphatic carbocycles. The van der Waals surface area contributed by atoms with Crippen molar-refractivity contribution < 1.29 is 18.9 Å². The standard InChI is InChI=1S/C117H152O4/c1-10-16-22-35-63-114(64-36-23-17-11-2)104-73-87(7)47-55-96(104)97-57-49-90(75-106(97)114)91-51-59-100-101-60-52-93(78-109(101)116(108(100)77-91,67-39-26-20-14-5)68-40-27-21-15-6)95-54-62-103-102-61-53-94(92-50-58-99-98-56-48-89(88-45-33-32-34-46-88)74-105(98)115(107(99)76-92,65-37-24-18-12-3)66-38-25-19-13-4)79-110(102)117(111(103)80-95,69-41-28-30-43-71-118-81-112(8)83-120-84-112)70-42-29-31-44-72-119-82-113(9)85-121-86-113/h32-34,45-62,73-80H,10-31,35-44,63-72,81-86H2,1-9H3. The van der Waals surface area contributed by atoms with Crippen LogP contribution in [0.2, 0.25) is 0 Å². The van der Waals surface area contributed by atoms with Crippen molar-refractivity contribution in [3.8, 4) is 89.0 Å². The van der Waals surface area contributed by atoms with Crippen LogP contribution in [-0.4, -0.2) is 52.9 Å². The van der Waals surface area contributed by atoms with Gasteiger partial charge in [0.2, 0.25) is 0 Å². The molecule has 0 unspecified atom stereocenters. The SMILES string of the molecule is CCCCCCC1(CCCCCC)c2cc(C)ccc2-c2ccc(-c3ccc4c(c3)C(CCCCCC)(CCCCCC)c3cc(-c5ccc6c(c5)C(CCCCCCOCC5(C)COC5)(CCCCCCOCC5(C)COC5)c5cc(-c7ccc8c(c7)C(CCCCCC)(CCCCCC)c7cc(-c9ccccc9)ccc7-8)ccc5-6)ccc3-4)cc21. The molecule has 0 aromatic heterocycles. The molecule has 0 radical (unpaired) electrons. The number of hydrogen-bond donors (Lipinski definition) is 0. The zero-order valence-corrected chi connectivity index (χ0v) is 76.8. The Morgan fingerprint density at radius 3 is 0.678 bits per heavy atom. The van der Waals surface area contributed by atoms with Gasteiger partial charge in [0.05, 0.1) is 39.6 Å². The van der Waals surface area contributed by atoms with Crippen LogP contribution in [0.4, 0.5) is 0 Å². The Bertz CT molecular complexity index is 4790. The van der Waals surface area contributed by atoms with Crippen molar-refractivity contribution in [2.45, 2.75) is 341 Å². The Labute approximate surface area is 733 Å². The van der Waals surface area contributed by atoms with Crippen molar-refractivity contribution in [2.75, 3.05) is 52.9 Å². The lowest BCUT2D eigenvalue weighted by Crippen LogP contribution is -2.43. The maximum atomic E-state index is 6.42. The first kappa shape index (κ1) is 88.7. The smallest absolute Gasteiger partial charge is 0.0564 e. The Morgan fingerprint density at radius 1 is 0.231 bits per heavy atom. The van der Waals surface area contributed by atoms with E-state index < -0.39 is 0 Å². The van der Waals surface area contributed by atoms with E-state index in [4.69, 9.17) is 18.9 Å². The van der Waals surface area contributed by atoms with Gasteiger partial charge in [0.15, 0.2) is 0 Å². The maximum absolute atomic E-state index is 6.42. The van der Waals surface area contributed by atoms with E-state index in [0.29, 0.717) is 0 Å². The van der Waals surface area contributed by atoms with Gasteiger partial charge < -0.3 is 18.9 Å². The summed E-state index contributed by atoms with van der Waals surface area (Å²) >= 11 is 0. The van der Waals surface area contributed by atoms with E-state index in [1.54, 1.807) is 44.5 Å². The van der Waals surface area contributed by atoms with Crippen LogP contribution in [0.15, 0.2) is 176 Å². The van der Waals surface area contributed by atoms with Gasteiger partial charge >= 0.3 is 0 Å². The molecule has 0 bridgehead atoms. The van der Waals surface area contributed by atoms with Crippen LogP contribution in [0.1, 0.15) is 362 Å². The minimum absolute atomic E-state index is 0.0299. The first-order valence-electron chi connectivity index (χ1n) is 49.8. The molecule has 2 heterocycles. The number of ether oxygens (including phenoxy) is 4. The van der Waals surface area contributed by atoms with Gasteiger partial charge in [-0.25, -0.2) is 0 Å². The number of unbranched alkanes of at least 4 members (excludes halogenated alkanes) is 24. The van der Waals surface area contributed by atoms with Gasteiger partial charge in [0.1, 0.15) is 0 Å². The molecule has 9 aromatic rings. The summed E-state index contributed by atoms with van der Waals surface area (Å²) in [7, 11) is 0. The molecular weight excluding hydrogens is 1470 g/mol. The van der Waals surface area contributed by atoms with Gasteiger partial charge in [-0.05, 0) is 247 Å². The van der Waals surface area contributed by atoms with E-state index in [1.807, 2.05) is 0 Å². The van der Waals surface area contributed by atoms with Crippen LogP contribution in [-0.2, 0) is 40.6 Å². The molecule has 2 aliphatic heterocycles. The van der Waals surface area contributed by atoms with E-state index in [2.05, 4.69) is 238 Å². The lowest BCUT2D eigenvalue weighted by Gasteiger charge is -2.37. The van der Waals surface area contributed by atoms with Gasteiger partial charge in [0.25, 0.3) is 0 Å². The number of fused-ring (bicyclic) bond motifs is 12. The number of aryl methyl sites for hydroxylation is 1. The van der Waals surface area contributed by atoms with E-state index in [9.17, 15) is 0 Å². The third-order valence-electron chi connectivity index (χ3n) is 30.4. The van der Waals surface area contributed by atoms with Gasteiger partial charge in [-0.1, -0.05) is 387 Å². The lowest BCUT2D eigenvalue weighted by molar-refractivity contribution is -0.137. The molecule has 0 spiro atoms. The second-order valence-corrected chi connectivity index (χ2v) is 40.0. The molecule has 4 nitrogen and oxygen atoms in total. The highest BCUT2D eigenvalue weighted by Crippen LogP contribution is 2.62. The topological polar surface area (TPSA) is 36.9 Å². The van der Waals surface area contributed by atoms with Crippen molar-refractivity contribution >= 4 is 0 Å². The van der Waals surface area contributed by atoms with Crippen LogP contribution < -0.4 is 0 Å². The van der Waals surface area contributed by atoms with Gasteiger partial charge in [-0.3, -0.25) is 0 Å². The van der Waals surface area contributed by atoms with Gasteiger partial charge in [0, 0.05) is 45.7 Å². The minimum atomic E-state index is -0.181. The van der Waals surface area contributed by atoms with Crippen LogP contribution >= 0.6 is 0 Å². The van der Waals surface area contributed by atoms with E-state index in [-0.39, 0.29) is 32.5 Å². The molecule has 9 aromatic carbocycles. The largest absolute Gasteiger partial charge is 0.381 e. The van der Waals surface area contributed by atoms with Crippen LogP contribution in [0.5, 0.6) is 0 Å². The van der Waals surface area contributed by atoms with Gasteiger partial charge in [-0.2, -0.15) is 0 Å². The molecule has 644 valence electrons. The molecule has 0 atom stereocenters. The highest BCUT2D eigenvalue weighted by molar-refractivity contribution is 5.92. The molecule has 121 heavy (non-hydrogen) atoms. The number of rotatable bonds is 52. The van der Waals surface area contributed by atoms with Crippen LogP contribution in [0.3, 0.4) is 0 Å². The van der Waals surface area contributed by atoms with Crippen molar-refractivity contribution in [1.82, 2.24) is 0 Å². The summed E-state index contributed by atoms with van der Waals surface area (Å²) in [6, 6.07) is 73.4. The first-order chi connectivity index (χ1) is 59.3. The summed E-state index contributed by atoms with van der Waals surface area (Å²) in [6.07, 6.45) is 49.3. The molecule has 0 saturated carbocycles. The number of benzene rings is 9. The van der Waals surface area contributed by atoms with Crippen molar-refractivity contribution in [2.24, 2.45) is 10.8 Å². The minimum Gasteiger partial charge on any atom is -0.381 e. The summed E-state index contributed by atoms with van der Waals surface area (Å²) in [5, 5.41) is 0. The second-order valence-electron chi connectivity index (χ2n) is 40.0.